The van der Waals surface area contributed by atoms with Crippen LogP contribution in [-0.4, -0.2) is 27.2 Å². The third kappa shape index (κ3) is 5.28. The van der Waals surface area contributed by atoms with Gasteiger partial charge in [0.1, 0.15) is 12.0 Å². The fourth-order valence-corrected chi connectivity index (χ4v) is 4.06. The molecule has 7 nitrogen and oxygen atoms in total. The van der Waals surface area contributed by atoms with Crippen LogP contribution in [-0.2, 0) is 23.1 Å². The molecule has 2 heterocycles. The van der Waals surface area contributed by atoms with Crippen molar-refractivity contribution in [3.8, 4) is 17.2 Å². The number of hydrogen-bond donors (Lipinski definition) is 1. The molecule has 8 heteroatoms. The van der Waals surface area contributed by atoms with Gasteiger partial charge in [-0.3, -0.25) is 14.0 Å². The lowest BCUT2D eigenvalue weighted by molar-refractivity contribution is 0.0951. The zero-order valence-electron chi connectivity index (χ0n) is 17.4. The topological polar surface area (TPSA) is 94.3 Å². The van der Waals surface area contributed by atoms with Crippen LogP contribution >= 0.6 is 0 Å². The lowest BCUT2D eigenvalue weighted by atomic mass is 10.1. The maximum Gasteiger partial charge on any atom is 0.251 e. The molecule has 1 amide bonds. The Kier molecular flexibility index (Phi) is 6.72. The Morgan fingerprint density at radius 1 is 1.12 bits per heavy atom. The van der Waals surface area contributed by atoms with Crippen LogP contribution in [0.5, 0.6) is 5.75 Å². The molecule has 0 bridgehead atoms. The van der Waals surface area contributed by atoms with E-state index in [1.54, 1.807) is 68.0 Å². The van der Waals surface area contributed by atoms with Crippen LogP contribution in [0.25, 0.3) is 11.5 Å². The van der Waals surface area contributed by atoms with E-state index in [1.807, 2.05) is 12.1 Å². The number of nitrogens with zero attached hydrogens (tertiary/aromatic N) is 2. The number of ether oxygens (including phenoxy) is 1. The molecule has 0 saturated carbocycles. The Morgan fingerprint density at radius 2 is 1.97 bits per heavy atom. The van der Waals surface area contributed by atoms with E-state index in [0.717, 1.165) is 11.1 Å². The normalized spacial score (nSPS) is 11.7. The van der Waals surface area contributed by atoms with Crippen molar-refractivity contribution in [1.82, 2.24) is 15.3 Å². The Balaban J connectivity index is 1.38. The molecule has 4 aromatic rings. The van der Waals surface area contributed by atoms with Crippen LogP contribution < -0.4 is 10.1 Å². The number of oxazole rings is 1. The van der Waals surface area contributed by atoms with Gasteiger partial charge in [0.25, 0.3) is 5.91 Å². The van der Waals surface area contributed by atoms with Crippen molar-refractivity contribution in [3.05, 3.63) is 96.1 Å². The maximum atomic E-state index is 12.6. The van der Waals surface area contributed by atoms with E-state index in [-0.39, 0.29) is 11.7 Å². The molecule has 0 fully saturated rings. The summed E-state index contributed by atoms with van der Waals surface area (Å²) in [7, 11) is 0.294. The number of pyridine rings is 1. The fraction of sp³-hybridized carbons (Fsp3) is 0.125. The van der Waals surface area contributed by atoms with E-state index in [4.69, 9.17) is 9.15 Å². The highest BCUT2D eigenvalue weighted by Gasteiger charge is 2.13. The van der Waals surface area contributed by atoms with Crippen molar-refractivity contribution < 1.29 is 18.2 Å². The van der Waals surface area contributed by atoms with E-state index in [9.17, 15) is 9.00 Å². The highest BCUT2D eigenvalue weighted by atomic mass is 32.2. The maximum absolute atomic E-state index is 12.6. The van der Waals surface area contributed by atoms with Crippen LogP contribution in [0, 0.1) is 0 Å². The molecule has 2 aromatic carbocycles. The Hall–Kier alpha value is -3.78. The molecule has 0 aliphatic heterocycles. The van der Waals surface area contributed by atoms with Crippen LogP contribution in [0.1, 0.15) is 21.6 Å². The molecule has 0 spiro atoms. The molecule has 2 aromatic heterocycles. The average Bonchev–Trinajstić information content (AvgIpc) is 3.31. The highest BCUT2D eigenvalue weighted by molar-refractivity contribution is 7.84. The number of hydrogen-bond acceptors (Lipinski definition) is 6. The molecule has 1 atom stereocenters. The van der Waals surface area contributed by atoms with Gasteiger partial charge in [-0.25, -0.2) is 4.98 Å². The van der Waals surface area contributed by atoms with Crippen molar-refractivity contribution in [2.24, 2.45) is 0 Å². The third-order valence-corrected chi connectivity index (χ3v) is 6.04. The minimum atomic E-state index is -1.28. The van der Waals surface area contributed by atoms with Gasteiger partial charge in [-0.05, 0) is 54.1 Å². The molecule has 1 unspecified atom stereocenters. The summed E-state index contributed by atoms with van der Waals surface area (Å²) >= 11 is 0. The third-order valence-electron chi connectivity index (χ3n) is 4.70. The first-order valence-electron chi connectivity index (χ1n) is 9.87. The summed E-state index contributed by atoms with van der Waals surface area (Å²) in [6, 6.07) is 17.8. The average molecular weight is 448 g/mol. The number of nitrogens with one attached hydrogen (secondary N) is 1. The number of amides is 1. The highest BCUT2D eigenvalue weighted by Crippen LogP contribution is 2.22. The number of rotatable bonds is 8. The van der Waals surface area contributed by atoms with E-state index >= 15 is 0 Å². The van der Waals surface area contributed by atoms with Gasteiger partial charge in [0.2, 0.25) is 5.89 Å². The summed E-state index contributed by atoms with van der Waals surface area (Å²) in [5, 5.41) is 2.86. The first kappa shape index (κ1) is 21.5. The summed E-state index contributed by atoms with van der Waals surface area (Å²) in [4.78, 5) is 21.5. The monoisotopic (exact) mass is 447 g/mol. The summed E-state index contributed by atoms with van der Waals surface area (Å²) in [5.74, 6) is 1.11. The number of aromatic nitrogens is 2. The summed E-state index contributed by atoms with van der Waals surface area (Å²) in [6.07, 6.45) is 4.90. The summed E-state index contributed by atoms with van der Waals surface area (Å²) < 4.78 is 23.4. The number of methoxy groups -OCH3 is 1. The SMILES string of the molecule is COc1cccc(S(=O)Cc2coc(-c3ccc(C(=O)NCc4cccnc4)cc3)n2)c1. The molecule has 162 valence electrons. The second-order valence-electron chi connectivity index (χ2n) is 6.93. The second-order valence-corrected chi connectivity index (χ2v) is 8.39. The van der Waals surface area contributed by atoms with Gasteiger partial charge in [-0.2, -0.15) is 0 Å². The lowest BCUT2D eigenvalue weighted by Gasteiger charge is -2.05. The van der Waals surface area contributed by atoms with Crippen molar-refractivity contribution in [2.45, 2.75) is 17.2 Å². The van der Waals surface area contributed by atoms with E-state index < -0.39 is 10.8 Å². The van der Waals surface area contributed by atoms with Crippen molar-refractivity contribution in [1.29, 1.82) is 0 Å². The van der Waals surface area contributed by atoms with Gasteiger partial charge in [0.15, 0.2) is 0 Å². The minimum absolute atomic E-state index is 0.179. The van der Waals surface area contributed by atoms with Gasteiger partial charge in [0.05, 0.1) is 29.4 Å². The molecular formula is C24H21N3O4S. The molecule has 0 aliphatic rings. The summed E-state index contributed by atoms with van der Waals surface area (Å²) in [6.45, 7) is 0.405. The van der Waals surface area contributed by atoms with Gasteiger partial charge in [0, 0.05) is 35.0 Å². The second kappa shape index (κ2) is 10.0. The molecule has 4 rings (SSSR count). The van der Waals surface area contributed by atoms with E-state index in [1.165, 1.54) is 6.26 Å². The Labute approximate surface area is 187 Å². The molecule has 0 saturated heterocycles. The zero-order valence-corrected chi connectivity index (χ0v) is 18.2. The molecule has 0 radical (unpaired) electrons. The van der Waals surface area contributed by atoms with Crippen molar-refractivity contribution >= 4 is 16.7 Å². The number of benzene rings is 2. The van der Waals surface area contributed by atoms with E-state index in [2.05, 4.69) is 15.3 Å². The van der Waals surface area contributed by atoms with Crippen LogP contribution in [0.4, 0.5) is 0 Å². The first-order chi connectivity index (χ1) is 15.6. The smallest absolute Gasteiger partial charge is 0.251 e. The zero-order chi connectivity index (χ0) is 22.3. The van der Waals surface area contributed by atoms with Crippen LogP contribution in [0.15, 0.2) is 88.6 Å². The van der Waals surface area contributed by atoms with Gasteiger partial charge >= 0.3 is 0 Å². The minimum Gasteiger partial charge on any atom is -0.497 e. The lowest BCUT2D eigenvalue weighted by Crippen LogP contribution is -2.22. The molecular weight excluding hydrogens is 426 g/mol. The van der Waals surface area contributed by atoms with E-state index in [0.29, 0.717) is 34.3 Å². The fourth-order valence-electron chi connectivity index (χ4n) is 3.02. The first-order valence-corrected chi connectivity index (χ1v) is 11.2. The predicted octanol–water partition coefficient (Wildman–Crippen LogP) is 3.98. The van der Waals surface area contributed by atoms with Crippen LogP contribution in [0.2, 0.25) is 0 Å². The Bertz CT molecular complexity index is 1220. The van der Waals surface area contributed by atoms with Gasteiger partial charge in [-0.1, -0.05) is 12.1 Å². The molecule has 0 aliphatic carbocycles. The predicted molar refractivity (Wildman–Crippen MR) is 120 cm³/mol. The quantitative estimate of drug-likeness (QED) is 0.439. The number of carbonyl (C=O) groups is 1. The standard InChI is InChI=1S/C24H21N3O4S/c1-30-21-5-2-6-22(12-21)32(29)16-20-15-31-24(27-20)19-9-7-18(8-10-19)23(28)26-14-17-4-3-11-25-13-17/h2-13,15H,14,16H2,1H3,(H,26,28). The largest absolute Gasteiger partial charge is 0.497 e. The van der Waals surface area contributed by atoms with Crippen molar-refractivity contribution in [3.63, 3.8) is 0 Å². The summed E-state index contributed by atoms with van der Waals surface area (Å²) in [5.41, 5.74) is 2.77. The van der Waals surface area contributed by atoms with Crippen LogP contribution in [0.3, 0.4) is 0 Å². The van der Waals surface area contributed by atoms with Crippen molar-refractivity contribution in [2.75, 3.05) is 7.11 Å². The van der Waals surface area contributed by atoms with Gasteiger partial charge in [-0.15, -0.1) is 0 Å². The molecule has 32 heavy (non-hydrogen) atoms. The van der Waals surface area contributed by atoms with Gasteiger partial charge < -0.3 is 14.5 Å². The number of carbonyl (C=O) groups excluding carboxylic acids is 1. The Morgan fingerprint density at radius 3 is 2.72 bits per heavy atom. The molecule has 1 N–H and O–H groups in total.